The number of hydrogen-bond acceptors (Lipinski definition) is 2. The summed E-state index contributed by atoms with van der Waals surface area (Å²) >= 11 is 11.7. The van der Waals surface area contributed by atoms with Gasteiger partial charge in [-0.3, -0.25) is 4.79 Å². The highest BCUT2D eigenvalue weighted by molar-refractivity contribution is 6.18. The van der Waals surface area contributed by atoms with Crippen molar-refractivity contribution in [3.8, 4) is 0 Å². The molecule has 0 spiro atoms. The fourth-order valence-electron chi connectivity index (χ4n) is 2.54. The number of alkyl halides is 2. The molecule has 0 fully saturated rings. The van der Waals surface area contributed by atoms with E-state index in [-0.39, 0.29) is 5.78 Å². The number of carbonyl (C=O) groups excluding carboxylic acids is 1. The number of rotatable bonds is 9. The van der Waals surface area contributed by atoms with Crippen molar-refractivity contribution in [2.75, 3.05) is 29.7 Å². The normalized spacial score (nSPS) is 11.0. The van der Waals surface area contributed by atoms with E-state index >= 15 is 0 Å². The van der Waals surface area contributed by atoms with E-state index in [0.29, 0.717) is 17.3 Å². The number of hydrogen-bond donors (Lipinski definition) is 0. The van der Waals surface area contributed by atoms with Gasteiger partial charge in [0.25, 0.3) is 0 Å². The molecule has 2 nitrogen and oxygen atoms in total. The SMILES string of the molecule is CCc1ccc(C(=O)/C=C/c2ccc(N(CCCl)CCCl)cc2)cc1. The van der Waals surface area contributed by atoms with Gasteiger partial charge in [-0.1, -0.05) is 49.4 Å². The molecular weight excluding hydrogens is 353 g/mol. The van der Waals surface area contributed by atoms with Gasteiger partial charge in [0.2, 0.25) is 0 Å². The second-order valence-corrected chi connectivity index (χ2v) is 6.46. The Morgan fingerprint density at radius 3 is 2.08 bits per heavy atom. The number of nitrogens with zero attached hydrogens (tertiary/aromatic N) is 1. The quantitative estimate of drug-likeness (QED) is 0.330. The summed E-state index contributed by atoms with van der Waals surface area (Å²) in [5.41, 5.74) is 4.01. The van der Waals surface area contributed by atoms with Crippen LogP contribution in [0.4, 0.5) is 5.69 Å². The summed E-state index contributed by atoms with van der Waals surface area (Å²) in [6.45, 7) is 3.62. The first-order chi connectivity index (χ1) is 12.2. The van der Waals surface area contributed by atoms with Crippen molar-refractivity contribution in [2.24, 2.45) is 0 Å². The average molecular weight is 376 g/mol. The van der Waals surface area contributed by atoms with Crippen molar-refractivity contribution in [3.63, 3.8) is 0 Å². The van der Waals surface area contributed by atoms with Gasteiger partial charge >= 0.3 is 0 Å². The summed E-state index contributed by atoms with van der Waals surface area (Å²) < 4.78 is 0. The van der Waals surface area contributed by atoms with Gasteiger partial charge < -0.3 is 4.90 Å². The number of aryl methyl sites for hydroxylation is 1. The Kier molecular flexibility index (Phi) is 8.03. The highest BCUT2D eigenvalue weighted by atomic mass is 35.5. The summed E-state index contributed by atoms with van der Waals surface area (Å²) in [5, 5.41) is 0. The van der Waals surface area contributed by atoms with Crippen LogP contribution >= 0.6 is 23.2 Å². The Bertz CT molecular complexity index is 687. The Hall–Kier alpha value is -1.77. The standard InChI is InChI=1S/C21H23Cl2NO/c1-2-17-3-8-19(9-4-17)21(25)12-7-18-5-10-20(11-6-18)24(15-13-22)16-14-23/h3-12H,2,13-16H2,1H3/b12-7+. The molecule has 0 saturated carbocycles. The van der Waals surface area contributed by atoms with Crippen LogP contribution in [0.25, 0.3) is 6.08 Å². The van der Waals surface area contributed by atoms with E-state index < -0.39 is 0 Å². The topological polar surface area (TPSA) is 20.3 Å². The molecule has 2 aromatic rings. The molecular formula is C21H23Cl2NO. The number of carbonyl (C=O) groups is 1. The molecule has 0 radical (unpaired) electrons. The smallest absolute Gasteiger partial charge is 0.185 e. The predicted octanol–water partition coefficient (Wildman–Crippen LogP) is 5.43. The molecule has 0 atom stereocenters. The first kappa shape index (κ1) is 19.6. The van der Waals surface area contributed by atoms with Crippen LogP contribution in [0.5, 0.6) is 0 Å². The molecule has 0 aromatic heterocycles. The van der Waals surface area contributed by atoms with E-state index in [1.807, 2.05) is 54.6 Å². The van der Waals surface area contributed by atoms with E-state index in [2.05, 4.69) is 11.8 Å². The van der Waals surface area contributed by atoms with Crippen LogP contribution in [-0.2, 0) is 6.42 Å². The number of ketones is 1. The van der Waals surface area contributed by atoms with E-state index in [0.717, 1.165) is 30.8 Å². The molecule has 0 saturated heterocycles. The Balaban J connectivity index is 2.03. The van der Waals surface area contributed by atoms with Crippen molar-refractivity contribution in [2.45, 2.75) is 13.3 Å². The zero-order valence-electron chi connectivity index (χ0n) is 14.4. The van der Waals surface area contributed by atoms with Gasteiger partial charge in [0.1, 0.15) is 0 Å². The van der Waals surface area contributed by atoms with Crippen LogP contribution in [0.2, 0.25) is 0 Å². The molecule has 2 rings (SSSR count). The Morgan fingerprint density at radius 2 is 1.56 bits per heavy atom. The first-order valence-corrected chi connectivity index (χ1v) is 9.53. The maximum atomic E-state index is 12.2. The van der Waals surface area contributed by atoms with Gasteiger partial charge in [-0.05, 0) is 35.8 Å². The van der Waals surface area contributed by atoms with E-state index in [4.69, 9.17) is 23.2 Å². The molecule has 0 aliphatic carbocycles. The molecule has 0 amide bonds. The number of benzene rings is 2. The van der Waals surface area contributed by atoms with Gasteiger partial charge in [-0.25, -0.2) is 0 Å². The summed E-state index contributed by atoms with van der Waals surface area (Å²) in [6, 6.07) is 15.8. The minimum absolute atomic E-state index is 0.0117. The van der Waals surface area contributed by atoms with Crippen molar-refractivity contribution in [3.05, 3.63) is 71.3 Å². The lowest BCUT2D eigenvalue weighted by atomic mass is 10.1. The van der Waals surface area contributed by atoms with Gasteiger partial charge in [-0.15, -0.1) is 23.2 Å². The van der Waals surface area contributed by atoms with E-state index in [9.17, 15) is 4.79 Å². The number of halogens is 2. The maximum absolute atomic E-state index is 12.2. The van der Waals surface area contributed by atoms with Crippen LogP contribution in [0, 0.1) is 0 Å². The maximum Gasteiger partial charge on any atom is 0.185 e. The van der Waals surface area contributed by atoms with Crippen molar-refractivity contribution in [1.82, 2.24) is 0 Å². The minimum atomic E-state index is 0.0117. The third kappa shape index (κ3) is 5.91. The Labute approximate surface area is 160 Å². The summed E-state index contributed by atoms with van der Waals surface area (Å²) in [6.07, 6.45) is 4.43. The second kappa shape index (κ2) is 10.3. The van der Waals surface area contributed by atoms with Crippen molar-refractivity contribution >= 4 is 40.7 Å². The van der Waals surface area contributed by atoms with Crippen LogP contribution < -0.4 is 4.90 Å². The zero-order valence-corrected chi connectivity index (χ0v) is 15.9. The van der Waals surface area contributed by atoms with Crippen LogP contribution in [-0.4, -0.2) is 30.6 Å². The van der Waals surface area contributed by atoms with Crippen LogP contribution in [0.15, 0.2) is 54.6 Å². The zero-order chi connectivity index (χ0) is 18.1. The molecule has 132 valence electrons. The highest BCUT2D eigenvalue weighted by Gasteiger charge is 2.05. The molecule has 4 heteroatoms. The summed E-state index contributed by atoms with van der Waals surface area (Å²) in [7, 11) is 0. The number of anilines is 1. The highest BCUT2D eigenvalue weighted by Crippen LogP contribution is 2.17. The van der Waals surface area contributed by atoms with Gasteiger partial charge in [0, 0.05) is 36.1 Å². The molecule has 0 unspecified atom stereocenters. The van der Waals surface area contributed by atoms with Gasteiger partial charge in [-0.2, -0.15) is 0 Å². The molecule has 0 N–H and O–H groups in total. The lowest BCUT2D eigenvalue weighted by Gasteiger charge is -2.22. The molecule has 0 aliphatic heterocycles. The third-order valence-corrected chi connectivity index (χ3v) is 4.38. The largest absolute Gasteiger partial charge is 0.369 e. The third-order valence-electron chi connectivity index (χ3n) is 4.04. The molecule has 25 heavy (non-hydrogen) atoms. The van der Waals surface area contributed by atoms with Crippen LogP contribution in [0.3, 0.4) is 0 Å². The molecule has 2 aromatic carbocycles. The first-order valence-electron chi connectivity index (χ1n) is 8.46. The fourth-order valence-corrected chi connectivity index (χ4v) is 2.95. The summed E-state index contributed by atoms with van der Waals surface area (Å²) in [5.74, 6) is 1.13. The average Bonchev–Trinajstić information content (AvgIpc) is 2.66. The fraction of sp³-hybridized carbons (Fsp3) is 0.286. The summed E-state index contributed by atoms with van der Waals surface area (Å²) in [4.78, 5) is 14.4. The second-order valence-electron chi connectivity index (χ2n) is 5.70. The predicted molar refractivity (Wildman–Crippen MR) is 109 cm³/mol. The van der Waals surface area contributed by atoms with Crippen LogP contribution in [0.1, 0.15) is 28.4 Å². The molecule has 0 heterocycles. The molecule has 0 bridgehead atoms. The lowest BCUT2D eigenvalue weighted by molar-refractivity contribution is 0.104. The molecule has 0 aliphatic rings. The Morgan fingerprint density at radius 1 is 0.960 bits per heavy atom. The number of allylic oxidation sites excluding steroid dienone is 1. The van der Waals surface area contributed by atoms with Gasteiger partial charge in [0.05, 0.1) is 0 Å². The monoisotopic (exact) mass is 375 g/mol. The minimum Gasteiger partial charge on any atom is -0.369 e. The van der Waals surface area contributed by atoms with Gasteiger partial charge in [0.15, 0.2) is 5.78 Å². The lowest BCUT2D eigenvalue weighted by Crippen LogP contribution is -2.27. The van der Waals surface area contributed by atoms with Crippen molar-refractivity contribution in [1.29, 1.82) is 0 Å². The van der Waals surface area contributed by atoms with E-state index in [1.165, 1.54) is 5.56 Å². The van der Waals surface area contributed by atoms with E-state index in [1.54, 1.807) is 6.08 Å². The van der Waals surface area contributed by atoms with Crippen molar-refractivity contribution < 1.29 is 4.79 Å².